The summed E-state index contributed by atoms with van der Waals surface area (Å²) in [5.41, 5.74) is 0. The van der Waals surface area contributed by atoms with E-state index in [0.717, 1.165) is 6.92 Å². The summed E-state index contributed by atoms with van der Waals surface area (Å²) in [6, 6.07) is 0. The van der Waals surface area contributed by atoms with Gasteiger partial charge in [-0.25, -0.2) is 0 Å². The Kier molecular flexibility index (Phi) is 3.24. The van der Waals surface area contributed by atoms with Crippen molar-refractivity contribution in [1.29, 1.82) is 0 Å². The Morgan fingerprint density at radius 2 is 2.14 bits per heavy atom. The standard InChI is InChI=1S/C2H7F5N3OP3/c1-2-11-14(6,7)9-12-8-13(4,5)10(14)3/h9,12H,2H2,1H3. The Balaban J connectivity index is 3.10. The van der Waals surface area contributed by atoms with E-state index in [0.29, 0.717) is 0 Å². The predicted octanol–water partition coefficient (Wildman–Crippen LogP) is 4.27. The normalized spacial score (nSPS) is 34.3. The van der Waals surface area contributed by atoms with Crippen molar-refractivity contribution in [3.63, 3.8) is 0 Å². The molecule has 1 N–H and O–H groups in total. The van der Waals surface area contributed by atoms with E-state index in [2.05, 4.69) is 9.04 Å². The fourth-order valence-corrected chi connectivity index (χ4v) is 6.20. The van der Waals surface area contributed by atoms with E-state index in [1.807, 2.05) is 0 Å². The van der Waals surface area contributed by atoms with Crippen molar-refractivity contribution < 1.29 is 25.8 Å². The Bertz CT molecular complexity index is 292. The van der Waals surface area contributed by atoms with Gasteiger partial charge in [-0.1, -0.05) is 0 Å². The minimum atomic E-state index is -6.71. The molecule has 86 valence electrons. The van der Waals surface area contributed by atoms with Crippen LogP contribution < -0.4 is 4.86 Å². The number of hydrogen-bond acceptors (Lipinski definition) is 4. The monoisotopic (exact) mass is 277 g/mol. The third-order valence-corrected chi connectivity index (χ3v) is 7.61. The third kappa shape index (κ3) is 2.08. The summed E-state index contributed by atoms with van der Waals surface area (Å²) < 4.78 is 69.1. The molecule has 0 fully saturated rings. The molecule has 0 aliphatic carbocycles. The van der Waals surface area contributed by atoms with E-state index >= 15 is 0 Å². The molecule has 0 bridgehead atoms. The van der Waals surface area contributed by atoms with Gasteiger partial charge in [0.25, 0.3) is 0 Å². The topological polar surface area (TPSA) is 36.9 Å². The van der Waals surface area contributed by atoms with E-state index < -0.39 is 35.7 Å². The van der Waals surface area contributed by atoms with Crippen LogP contribution in [0.4, 0.5) is 21.3 Å². The predicted molar refractivity (Wildman–Crippen MR) is 46.7 cm³/mol. The van der Waals surface area contributed by atoms with Crippen LogP contribution in [0.1, 0.15) is 6.92 Å². The zero-order valence-corrected chi connectivity index (χ0v) is 9.58. The minimum absolute atomic E-state index is 0.567. The maximum atomic E-state index is 13.3. The molecule has 0 radical (unpaired) electrons. The van der Waals surface area contributed by atoms with Crippen molar-refractivity contribution in [3.8, 4) is 0 Å². The van der Waals surface area contributed by atoms with Gasteiger partial charge in [-0.3, -0.25) is 0 Å². The van der Waals surface area contributed by atoms with E-state index in [1.165, 1.54) is 4.86 Å². The number of rotatable bonds is 2. The van der Waals surface area contributed by atoms with Gasteiger partial charge >= 0.3 is 77.8 Å². The van der Waals surface area contributed by atoms with Gasteiger partial charge in [-0.2, -0.15) is 0 Å². The van der Waals surface area contributed by atoms with Crippen LogP contribution in [0.5, 0.6) is 0 Å². The Morgan fingerprint density at radius 3 is 2.64 bits per heavy atom. The molecule has 0 aromatic carbocycles. The van der Waals surface area contributed by atoms with Crippen LogP contribution in [-0.2, 0) is 4.52 Å². The van der Waals surface area contributed by atoms with Crippen LogP contribution in [-0.4, -0.2) is 11.3 Å². The van der Waals surface area contributed by atoms with Crippen LogP contribution in [0.3, 0.4) is 0 Å². The van der Waals surface area contributed by atoms with Gasteiger partial charge in [0, 0.05) is 0 Å². The average Bonchev–Trinajstić information content (AvgIpc) is 2.00. The summed E-state index contributed by atoms with van der Waals surface area (Å²) in [6.45, 7) is 0.594. The molecular weight excluding hydrogens is 270 g/mol. The summed E-state index contributed by atoms with van der Waals surface area (Å²) in [7, 11) is -13.7. The Morgan fingerprint density at radius 1 is 1.57 bits per heavy atom. The van der Waals surface area contributed by atoms with Crippen LogP contribution in [0.2, 0.25) is 0 Å². The first-order valence-corrected chi connectivity index (χ1v) is 7.63. The van der Waals surface area contributed by atoms with Crippen molar-refractivity contribution in [1.82, 2.24) is 9.52 Å². The molecule has 1 aliphatic rings. The number of hydrogen-bond donors (Lipinski definition) is 1. The second-order valence-corrected chi connectivity index (χ2v) is 7.93. The van der Waals surface area contributed by atoms with Gasteiger partial charge in [0.05, 0.1) is 0 Å². The summed E-state index contributed by atoms with van der Waals surface area (Å²) >= 11 is 0. The number of halogens is 5. The molecule has 1 heterocycles. The second-order valence-electron chi connectivity index (χ2n) is 2.23. The van der Waals surface area contributed by atoms with Crippen LogP contribution in [0.25, 0.3) is 0 Å². The zero-order valence-electron chi connectivity index (χ0n) is 6.79. The summed E-state index contributed by atoms with van der Waals surface area (Å²) in [5, 5.41) is 0. The fraction of sp³-hybridized carbons (Fsp3) is 1.00. The molecule has 1 atom stereocenters. The molecule has 4 nitrogen and oxygen atoms in total. The van der Waals surface area contributed by atoms with Gasteiger partial charge in [0.2, 0.25) is 0 Å². The summed E-state index contributed by atoms with van der Waals surface area (Å²) in [5.74, 6) is 0. The van der Waals surface area contributed by atoms with Crippen molar-refractivity contribution >= 4 is 24.5 Å². The molecule has 0 amide bonds. The third-order valence-electron chi connectivity index (χ3n) is 1.22. The van der Waals surface area contributed by atoms with Crippen molar-refractivity contribution in [2.75, 3.05) is 6.61 Å². The number of nitrogens with one attached hydrogen (secondary N) is 1. The van der Waals surface area contributed by atoms with Crippen LogP contribution >= 0.6 is 24.5 Å². The molecule has 1 rings (SSSR count). The Hall–Kier alpha value is 0.620. The van der Waals surface area contributed by atoms with Crippen molar-refractivity contribution in [2.24, 2.45) is 4.52 Å². The first-order valence-electron chi connectivity index (χ1n) is 3.32. The van der Waals surface area contributed by atoms with Gasteiger partial charge < -0.3 is 0 Å². The quantitative estimate of drug-likeness (QED) is 0.465. The first kappa shape index (κ1) is 12.7. The molecule has 14 heavy (non-hydrogen) atoms. The van der Waals surface area contributed by atoms with E-state index in [4.69, 9.17) is 0 Å². The number of nitrogens with zero attached hydrogens (tertiary/aromatic N) is 2. The Labute approximate surface area is 78.7 Å². The van der Waals surface area contributed by atoms with E-state index in [1.54, 1.807) is 0 Å². The van der Waals surface area contributed by atoms with Crippen LogP contribution in [0, 0.1) is 0 Å². The molecule has 1 aliphatic heterocycles. The summed E-state index contributed by atoms with van der Waals surface area (Å²) in [6.07, 6.45) is 0. The average molecular weight is 277 g/mol. The van der Waals surface area contributed by atoms with Gasteiger partial charge in [0.1, 0.15) is 0 Å². The zero-order chi connectivity index (χ0) is 11.1. The molecule has 0 aromatic rings. The van der Waals surface area contributed by atoms with Crippen molar-refractivity contribution in [2.45, 2.75) is 6.92 Å². The molecule has 0 saturated carbocycles. The SMILES string of the molecule is CCOP1(F)(F)NPN=P(F)(F)N1F. The van der Waals surface area contributed by atoms with Crippen LogP contribution in [0.15, 0.2) is 4.52 Å². The van der Waals surface area contributed by atoms with Gasteiger partial charge in [-0.05, 0) is 0 Å². The molecule has 0 saturated heterocycles. The summed E-state index contributed by atoms with van der Waals surface area (Å²) in [4.78, 5) is 1.31. The first-order chi connectivity index (χ1) is 6.21. The maximum absolute atomic E-state index is 13.3. The van der Waals surface area contributed by atoms with Gasteiger partial charge in [0.15, 0.2) is 0 Å². The molecular formula is C2H7F5N3OP3. The molecule has 0 spiro atoms. The van der Waals surface area contributed by atoms with Crippen molar-refractivity contribution in [3.05, 3.63) is 0 Å². The van der Waals surface area contributed by atoms with Gasteiger partial charge in [-0.15, -0.1) is 0 Å². The molecule has 1 unspecified atom stereocenters. The molecule has 0 aromatic heterocycles. The van der Waals surface area contributed by atoms with E-state index in [9.17, 15) is 21.3 Å². The molecule has 12 heteroatoms. The fourth-order valence-electron chi connectivity index (χ4n) is 0.720. The second kappa shape index (κ2) is 3.58. The van der Waals surface area contributed by atoms with E-state index in [-0.39, 0.29) is 0 Å².